The minimum Gasteiger partial charge on any atom is -0.496 e. The predicted octanol–water partition coefficient (Wildman–Crippen LogP) is 2.26. The molecule has 0 radical (unpaired) electrons. The molecule has 3 rings (SSSR count). The molecular formula is C25H34N4O5S. The maximum atomic E-state index is 13.3. The number of carbonyl (C=O) groups excluding carboxylic acids is 3. The Morgan fingerprint density at radius 2 is 2.03 bits per heavy atom. The minimum absolute atomic E-state index is 0.0370. The first-order chi connectivity index (χ1) is 16.4. The SMILES string of the molecule is COc1cc(-c2scnc2C)ccc1CNC(=O)[C@@H]1C[C@@H](O)CN1C(=O)[C@@H](NC(C)=O)C(C)(C)C. The van der Waals surface area contributed by atoms with Crippen molar-refractivity contribution in [2.45, 2.75) is 65.8 Å². The van der Waals surface area contributed by atoms with Gasteiger partial charge in [-0.05, 0) is 24.0 Å². The number of thiazole rings is 1. The van der Waals surface area contributed by atoms with Gasteiger partial charge in [-0.25, -0.2) is 4.98 Å². The van der Waals surface area contributed by atoms with E-state index in [4.69, 9.17) is 4.74 Å². The molecule has 2 heterocycles. The van der Waals surface area contributed by atoms with Crippen molar-refractivity contribution in [2.24, 2.45) is 5.41 Å². The normalized spacial score (nSPS) is 18.8. The Labute approximate surface area is 209 Å². The van der Waals surface area contributed by atoms with Gasteiger partial charge in [0, 0.05) is 32.0 Å². The number of nitrogens with one attached hydrogen (secondary N) is 2. The fraction of sp³-hybridized carbons (Fsp3) is 0.520. The maximum absolute atomic E-state index is 13.3. The number of ether oxygens (including phenoxy) is 1. The average molecular weight is 503 g/mol. The van der Waals surface area contributed by atoms with Gasteiger partial charge >= 0.3 is 0 Å². The van der Waals surface area contributed by atoms with Crippen molar-refractivity contribution in [1.82, 2.24) is 20.5 Å². The summed E-state index contributed by atoms with van der Waals surface area (Å²) in [6, 6.07) is 4.12. The molecule has 1 fully saturated rings. The van der Waals surface area contributed by atoms with Crippen LogP contribution in [0.4, 0.5) is 0 Å². The predicted molar refractivity (Wildman–Crippen MR) is 134 cm³/mol. The van der Waals surface area contributed by atoms with E-state index in [-0.39, 0.29) is 37.2 Å². The molecule has 3 amide bonds. The van der Waals surface area contributed by atoms with E-state index in [2.05, 4.69) is 15.6 Å². The Kier molecular flexibility index (Phi) is 8.17. The van der Waals surface area contributed by atoms with E-state index >= 15 is 0 Å². The van der Waals surface area contributed by atoms with Gasteiger partial charge in [0.05, 0.1) is 29.3 Å². The lowest BCUT2D eigenvalue weighted by Crippen LogP contribution is -2.57. The quantitative estimate of drug-likeness (QED) is 0.534. The molecule has 0 bridgehead atoms. The van der Waals surface area contributed by atoms with Crippen molar-refractivity contribution < 1.29 is 24.2 Å². The fourth-order valence-corrected chi connectivity index (χ4v) is 5.04. The van der Waals surface area contributed by atoms with Gasteiger partial charge < -0.3 is 25.4 Å². The van der Waals surface area contributed by atoms with Gasteiger partial charge in [0.15, 0.2) is 0 Å². The molecule has 3 atom stereocenters. The summed E-state index contributed by atoms with van der Waals surface area (Å²) in [4.78, 5) is 44.9. The van der Waals surface area contributed by atoms with Gasteiger partial charge in [0.2, 0.25) is 17.7 Å². The first kappa shape index (κ1) is 26.6. The van der Waals surface area contributed by atoms with E-state index in [0.29, 0.717) is 5.75 Å². The van der Waals surface area contributed by atoms with E-state index in [1.54, 1.807) is 24.0 Å². The zero-order chi connectivity index (χ0) is 25.9. The van der Waals surface area contributed by atoms with Crippen LogP contribution in [0.5, 0.6) is 5.75 Å². The number of methoxy groups -OCH3 is 1. The Hall–Kier alpha value is -2.98. The second-order valence-electron chi connectivity index (χ2n) is 9.91. The third kappa shape index (κ3) is 6.18. The number of carbonyl (C=O) groups is 3. The van der Waals surface area contributed by atoms with Crippen molar-refractivity contribution in [3.8, 4) is 16.2 Å². The average Bonchev–Trinajstić information content (AvgIpc) is 3.39. The van der Waals surface area contributed by atoms with Crippen LogP contribution < -0.4 is 15.4 Å². The molecule has 0 aliphatic carbocycles. The smallest absolute Gasteiger partial charge is 0.246 e. The van der Waals surface area contributed by atoms with E-state index in [0.717, 1.165) is 21.7 Å². The molecule has 1 aliphatic rings. The number of aromatic nitrogens is 1. The van der Waals surface area contributed by atoms with Gasteiger partial charge in [-0.15, -0.1) is 11.3 Å². The summed E-state index contributed by atoms with van der Waals surface area (Å²) in [6.45, 7) is 9.07. The second-order valence-corrected chi connectivity index (χ2v) is 10.8. The fourth-order valence-electron chi connectivity index (χ4n) is 4.23. The summed E-state index contributed by atoms with van der Waals surface area (Å²) >= 11 is 1.55. The van der Waals surface area contributed by atoms with Crippen LogP contribution in [0, 0.1) is 12.3 Å². The number of rotatable bonds is 7. The summed E-state index contributed by atoms with van der Waals surface area (Å²) in [7, 11) is 1.58. The molecule has 10 heteroatoms. The van der Waals surface area contributed by atoms with Gasteiger partial charge in [-0.3, -0.25) is 14.4 Å². The highest BCUT2D eigenvalue weighted by atomic mass is 32.1. The number of likely N-dealkylation sites (tertiary alicyclic amines) is 1. The van der Waals surface area contributed by atoms with Crippen molar-refractivity contribution in [2.75, 3.05) is 13.7 Å². The number of hydrogen-bond acceptors (Lipinski definition) is 7. The summed E-state index contributed by atoms with van der Waals surface area (Å²) in [5.74, 6) is -0.447. The molecule has 2 aromatic rings. The van der Waals surface area contributed by atoms with Gasteiger partial charge in [-0.1, -0.05) is 32.9 Å². The highest BCUT2D eigenvalue weighted by Crippen LogP contribution is 2.32. The van der Waals surface area contributed by atoms with E-state index in [1.165, 1.54) is 11.8 Å². The molecule has 3 N–H and O–H groups in total. The molecule has 0 saturated carbocycles. The number of aliphatic hydroxyl groups is 1. The number of aliphatic hydroxyl groups excluding tert-OH is 1. The monoisotopic (exact) mass is 502 g/mol. The number of hydrogen-bond donors (Lipinski definition) is 3. The van der Waals surface area contributed by atoms with E-state index in [9.17, 15) is 19.5 Å². The molecule has 1 aromatic heterocycles. The molecule has 190 valence electrons. The number of β-amino-alcohol motifs (C(OH)–C–C–N with tert-alkyl or cyclic N) is 1. The molecule has 0 spiro atoms. The van der Waals surface area contributed by atoms with E-state index < -0.39 is 23.6 Å². The van der Waals surface area contributed by atoms with Crippen LogP contribution in [-0.4, -0.2) is 64.6 Å². The van der Waals surface area contributed by atoms with Crippen LogP contribution in [0.1, 0.15) is 45.4 Å². The first-order valence-corrected chi connectivity index (χ1v) is 12.4. The highest BCUT2D eigenvalue weighted by molar-refractivity contribution is 7.13. The summed E-state index contributed by atoms with van der Waals surface area (Å²) < 4.78 is 5.55. The van der Waals surface area contributed by atoms with Crippen molar-refractivity contribution in [3.05, 3.63) is 35.0 Å². The number of benzene rings is 1. The summed E-state index contributed by atoms with van der Waals surface area (Å²) in [5, 5.41) is 15.8. The number of aryl methyl sites for hydroxylation is 1. The van der Waals surface area contributed by atoms with Crippen LogP contribution >= 0.6 is 11.3 Å². The Morgan fingerprint density at radius 3 is 2.60 bits per heavy atom. The van der Waals surface area contributed by atoms with Crippen LogP contribution in [-0.2, 0) is 20.9 Å². The maximum Gasteiger partial charge on any atom is 0.246 e. The number of amides is 3. The third-order valence-electron chi connectivity index (χ3n) is 6.07. The van der Waals surface area contributed by atoms with Crippen molar-refractivity contribution in [1.29, 1.82) is 0 Å². The summed E-state index contributed by atoms with van der Waals surface area (Å²) in [5.41, 5.74) is 3.94. The summed E-state index contributed by atoms with van der Waals surface area (Å²) in [6.07, 6.45) is -0.681. The first-order valence-electron chi connectivity index (χ1n) is 11.5. The lowest BCUT2D eigenvalue weighted by atomic mass is 9.85. The molecule has 9 nitrogen and oxygen atoms in total. The van der Waals surface area contributed by atoms with E-state index in [1.807, 2.05) is 45.9 Å². The molecule has 1 aromatic carbocycles. The topological polar surface area (TPSA) is 121 Å². The zero-order valence-electron chi connectivity index (χ0n) is 21.0. The van der Waals surface area contributed by atoms with Crippen molar-refractivity contribution in [3.63, 3.8) is 0 Å². The van der Waals surface area contributed by atoms with Gasteiger partial charge in [0.1, 0.15) is 17.8 Å². The molecule has 35 heavy (non-hydrogen) atoms. The van der Waals surface area contributed by atoms with Crippen LogP contribution in [0.2, 0.25) is 0 Å². The lowest BCUT2D eigenvalue weighted by molar-refractivity contribution is -0.143. The van der Waals surface area contributed by atoms with Gasteiger partial charge in [0.25, 0.3) is 0 Å². The lowest BCUT2D eigenvalue weighted by Gasteiger charge is -2.35. The van der Waals surface area contributed by atoms with Crippen molar-refractivity contribution >= 4 is 29.1 Å². The highest BCUT2D eigenvalue weighted by Gasteiger charge is 2.44. The number of nitrogens with zero attached hydrogens (tertiary/aromatic N) is 2. The Bertz CT molecular complexity index is 1090. The Balaban J connectivity index is 1.74. The van der Waals surface area contributed by atoms with Gasteiger partial charge in [-0.2, -0.15) is 0 Å². The molecule has 0 unspecified atom stereocenters. The second kappa shape index (κ2) is 10.7. The van der Waals surface area contributed by atoms with Crippen LogP contribution in [0.25, 0.3) is 10.4 Å². The minimum atomic E-state index is -0.832. The molecule has 1 aliphatic heterocycles. The Morgan fingerprint density at radius 1 is 1.31 bits per heavy atom. The third-order valence-corrected chi connectivity index (χ3v) is 7.05. The van der Waals surface area contributed by atoms with Crippen LogP contribution in [0.15, 0.2) is 23.7 Å². The van der Waals surface area contributed by atoms with Crippen LogP contribution in [0.3, 0.4) is 0 Å². The molecule has 1 saturated heterocycles. The zero-order valence-corrected chi connectivity index (χ0v) is 21.9. The largest absolute Gasteiger partial charge is 0.496 e. The standard InChI is InChI=1S/C25H34N4O5S/c1-14-21(35-13-27-14)16-7-8-17(20(9-16)34-6)11-26-23(32)19-10-18(31)12-29(19)24(33)22(25(3,4)5)28-15(2)30/h7-9,13,18-19,22,31H,10-12H2,1-6H3,(H,26,32)(H,28,30)/t18-,19+,22-/m1/s1. The molecular weight excluding hydrogens is 468 g/mol.